The molecule has 0 atom stereocenters. The highest BCUT2D eigenvalue weighted by molar-refractivity contribution is 7.98. The number of imidazole rings is 1. The first-order valence-electron chi connectivity index (χ1n) is 8.25. The number of carbonyl (C=O) groups is 1. The van der Waals surface area contributed by atoms with Gasteiger partial charge in [-0.05, 0) is 35.4 Å². The van der Waals surface area contributed by atoms with Crippen LogP contribution in [0.25, 0.3) is 0 Å². The van der Waals surface area contributed by atoms with Crippen molar-refractivity contribution in [3.05, 3.63) is 77.6 Å². The number of aromatic nitrogens is 2. The number of phenolic OH excluding ortho intramolecular Hbond substituents is 1. The van der Waals surface area contributed by atoms with Gasteiger partial charge >= 0.3 is 0 Å². The van der Waals surface area contributed by atoms with Crippen molar-refractivity contribution < 1.29 is 9.90 Å². The number of carbonyl (C=O) groups excluding carboxylic acids is 1. The van der Waals surface area contributed by atoms with Gasteiger partial charge in [0.25, 0.3) is 5.91 Å². The van der Waals surface area contributed by atoms with Crippen LogP contribution in [0.2, 0.25) is 0 Å². The first kappa shape index (κ1) is 18.1. The van der Waals surface area contributed by atoms with Crippen molar-refractivity contribution in [3.8, 4) is 5.75 Å². The second-order valence-corrected chi connectivity index (χ2v) is 7.08. The summed E-state index contributed by atoms with van der Waals surface area (Å²) in [4.78, 5) is 18.7. The van der Waals surface area contributed by atoms with Gasteiger partial charge in [-0.1, -0.05) is 36.0 Å². The molecule has 1 aromatic heterocycles. The molecular formula is C20H21N3O2S. The highest BCUT2D eigenvalue weighted by Crippen LogP contribution is 2.21. The second kappa shape index (κ2) is 8.10. The number of hydrogen-bond donors (Lipinski definition) is 1. The lowest BCUT2D eigenvalue weighted by Crippen LogP contribution is -2.26. The fraction of sp³-hybridized carbons (Fsp3) is 0.200. The Balaban J connectivity index is 1.66. The third kappa shape index (κ3) is 4.46. The van der Waals surface area contributed by atoms with E-state index in [9.17, 15) is 9.90 Å². The minimum Gasteiger partial charge on any atom is -0.508 e. The fourth-order valence-electron chi connectivity index (χ4n) is 2.65. The number of hydrogen-bond acceptors (Lipinski definition) is 4. The summed E-state index contributed by atoms with van der Waals surface area (Å²) in [5.74, 6) is 0.913. The summed E-state index contributed by atoms with van der Waals surface area (Å²) in [7, 11) is 3.73. The zero-order valence-corrected chi connectivity index (χ0v) is 15.6. The van der Waals surface area contributed by atoms with Gasteiger partial charge in [-0.15, -0.1) is 0 Å². The molecule has 0 aliphatic heterocycles. The Morgan fingerprint density at radius 2 is 1.96 bits per heavy atom. The number of phenols is 1. The van der Waals surface area contributed by atoms with E-state index in [2.05, 4.69) is 4.98 Å². The Bertz CT molecular complexity index is 907. The zero-order valence-electron chi connectivity index (χ0n) is 14.8. The van der Waals surface area contributed by atoms with Gasteiger partial charge in [0.2, 0.25) is 0 Å². The van der Waals surface area contributed by atoms with Gasteiger partial charge in [0.1, 0.15) is 5.75 Å². The maximum absolute atomic E-state index is 12.7. The van der Waals surface area contributed by atoms with Gasteiger partial charge in [-0.25, -0.2) is 4.98 Å². The van der Waals surface area contributed by atoms with Crippen molar-refractivity contribution >= 4 is 17.7 Å². The van der Waals surface area contributed by atoms with E-state index in [0.29, 0.717) is 12.1 Å². The molecule has 26 heavy (non-hydrogen) atoms. The molecule has 1 amide bonds. The first-order valence-corrected chi connectivity index (χ1v) is 9.24. The molecule has 0 saturated heterocycles. The number of thioether (sulfide) groups is 1. The third-order valence-corrected chi connectivity index (χ3v) is 5.13. The Labute approximate surface area is 157 Å². The maximum Gasteiger partial charge on any atom is 0.253 e. The van der Waals surface area contributed by atoms with Crippen molar-refractivity contribution in [1.29, 1.82) is 0 Å². The highest BCUT2D eigenvalue weighted by Gasteiger charge is 2.13. The molecule has 3 aromatic rings. The summed E-state index contributed by atoms with van der Waals surface area (Å²) in [6.07, 6.45) is 3.69. The lowest BCUT2D eigenvalue weighted by molar-refractivity contribution is 0.0785. The lowest BCUT2D eigenvalue weighted by Gasteiger charge is -2.18. The number of amides is 1. The van der Waals surface area contributed by atoms with Crippen LogP contribution in [-0.2, 0) is 19.3 Å². The van der Waals surface area contributed by atoms with Gasteiger partial charge in [0.05, 0.1) is 0 Å². The van der Waals surface area contributed by atoms with E-state index < -0.39 is 0 Å². The standard InChI is InChI=1S/C20H21N3O2S/c1-22-10-9-21-20(22)26-14-16-6-3-7-17(11-16)19(25)23(2)13-15-5-4-8-18(24)12-15/h3-12,24H,13-14H2,1-2H3. The first-order chi connectivity index (χ1) is 12.5. The van der Waals surface area contributed by atoms with Gasteiger partial charge in [-0.2, -0.15) is 0 Å². The molecule has 1 N–H and O–H groups in total. The SMILES string of the molecule is CN(Cc1cccc(O)c1)C(=O)c1cccc(CSc2nccn2C)c1. The quantitative estimate of drug-likeness (QED) is 0.675. The van der Waals surface area contributed by atoms with Crippen LogP contribution >= 0.6 is 11.8 Å². The molecule has 0 saturated carbocycles. The molecule has 0 bridgehead atoms. The normalized spacial score (nSPS) is 10.7. The third-order valence-electron chi connectivity index (χ3n) is 4.00. The molecular weight excluding hydrogens is 346 g/mol. The van der Waals surface area contributed by atoms with Crippen LogP contribution in [0.15, 0.2) is 66.1 Å². The van der Waals surface area contributed by atoms with E-state index >= 15 is 0 Å². The highest BCUT2D eigenvalue weighted by atomic mass is 32.2. The Hall–Kier alpha value is -2.73. The van der Waals surface area contributed by atoms with Crippen molar-refractivity contribution in [2.45, 2.75) is 17.5 Å². The van der Waals surface area contributed by atoms with E-state index in [1.807, 2.05) is 48.1 Å². The van der Waals surface area contributed by atoms with E-state index in [4.69, 9.17) is 0 Å². The average molecular weight is 367 g/mol. The van der Waals surface area contributed by atoms with Crippen molar-refractivity contribution in [1.82, 2.24) is 14.5 Å². The number of benzene rings is 2. The second-order valence-electron chi connectivity index (χ2n) is 6.14. The molecule has 0 fully saturated rings. The van der Waals surface area contributed by atoms with Crippen LogP contribution in [0.5, 0.6) is 5.75 Å². The number of rotatable bonds is 6. The molecule has 2 aromatic carbocycles. The van der Waals surface area contributed by atoms with E-state index in [-0.39, 0.29) is 11.7 Å². The molecule has 0 spiro atoms. The summed E-state index contributed by atoms with van der Waals surface area (Å²) < 4.78 is 1.97. The zero-order chi connectivity index (χ0) is 18.5. The average Bonchev–Trinajstić information content (AvgIpc) is 3.04. The van der Waals surface area contributed by atoms with Gasteiger partial charge in [0.15, 0.2) is 5.16 Å². The minimum absolute atomic E-state index is 0.0443. The summed E-state index contributed by atoms with van der Waals surface area (Å²) in [5.41, 5.74) is 2.63. The molecule has 0 radical (unpaired) electrons. The molecule has 3 rings (SSSR count). The Morgan fingerprint density at radius 1 is 1.19 bits per heavy atom. The molecule has 134 valence electrons. The summed E-state index contributed by atoms with van der Waals surface area (Å²) >= 11 is 1.64. The van der Waals surface area contributed by atoms with Crippen molar-refractivity contribution in [2.24, 2.45) is 7.05 Å². The maximum atomic E-state index is 12.7. The van der Waals surface area contributed by atoms with E-state index in [1.165, 1.54) is 0 Å². The Morgan fingerprint density at radius 3 is 2.69 bits per heavy atom. The monoisotopic (exact) mass is 367 g/mol. The molecule has 0 aliphatic carbocycles. The largest absolute Gasteiger partial charge is 0.508 e. The lowest BCUT2D eigenvalue weighted by atomic mass is 10.1. The summed E-state index contributed by atoms with van der Waals surface area (Å²) in [6.45, 7) is 0.444. The summed E-state index contributed by atoms with van der Waals surface area (Å²) in [6, 6.07) is 14.6. The van der Waals surface area contributed by atoms with Crippen molar-refractivity contribution in [3.63, 3.8) is 0 Å². The number of aromatic hydroxyl groups is 1. The van der Waals surface area contributed by atoms with Crippen LogP contribution in [0, 0.1) is 0 Å². The van der Waals surface area contributed by atoms with Crippen LogP contribution in [0.3, 0.4) is 0 Å². The van der Waals surface area contributed by atoms with E-state index in [0.717, 1.165) is 22.0 Å². The van der Waals surface area contributed by atoms with Gasteiger partial charge < -0.3 is 14.6 Å². The predicted octanol–water partition coefficient (Wildman–Crippen LogP) is 3.69. The van der Waals surface area contributed by atoms with Crippen LogP contribution in [0.1, 0.15) is 21.5 Å². The summed E-state index contributed by atoms with van der Waals surface area (Å²) in [5, 5.41) is 10.5. The molecule has 6 heteroatoms. The smallest absolute Gasteiger partial charge is 0.253 e. The number of nitrogens with zero attached hydrogens (tertiary/aromatic N) is 3. The molecule has 1 heterocycles. The molecule has 0 unspecified atom stereocenters. The van der Waals surface area contributed by atoms with Gasteiger partial charge in [0, 0.05) is 44.4 Å². The fourth-order valence-corrected chi connectivity index (χ4v) is 3.53. The molecule has 0 aliphatic rings. The van der Waals surface area contributed by atoms with Crippen LogP contribution in [-0.4, -0.2) is 32.5 Å². The predicted molar refractivity (Wildman–Crippen MR) is 103 cm³/mol. The van der Waals surface area contributed by atoms with Gasteiger partial charge in [-0.3, -0.25) is 4.79 Å². The Kier molecular flexibility index (Phi) is 5.63. The topological polar surface area (TPSA) is 58.4 Å². The number of aryl methyl sites for hydroxylation is 1. The van der Waals surface area contributed by atoms with Crippen LogP contribution < -0.4 is 0 Å². The minimum atomic E-state index is -0.0443. The molecule has 5 nitrogen and oxygen atoms in total. The van der Waals surface area contributed by atoms with Crippen molar-refractivity contribution in [2.75, 3.05) is 7.05 Å². The van der Waals surface area contributed by atoms with Crippen LogP contribution in [0.4, 0.5) is 0 Å². The van der Waals surface area contributed by atoms with E-state index in [1.54, 1.807) is 48.1 Å².